The van der Waals surface area contributed by atoms with E-state index >= 15 is 0 Å². The van der Waals surface area contributed by atoms with Gasteiger partial charge in [0.1, 0.15) is 0 Å². The zero-order chi connectivity index (χ0) is 24.9. The van der Waals surface area contributed by atoms with Crippen molar-refractivity contribution < 1.29 is 0 Å². The van der Waals surface area contributed by atoms with Gasteiger partial charge in [-0.1, -0.05) is 127 Å². The molecule has 0 unspecified atom stereocenters. The van der Waals surface area contributed by atoms with Gasteiger partial charge in [0.05, 0.1) is 0 Å². The Bertz CT molecular complexity index is 1630. The predicted octanol–water partition coefficient (Wildman–Crippen LogP) is 9.86. The van der Waals surface area contributed by atoms with Crippen molar-refractivity contribution in [2.45, 2.75) is 19.8 Å². The molecule has 5 aromatic carbocycles. The molecule has 0 N–H and O–H groups in total. The standard InChI is InChI=1S/C37H28/c1-3-24(2)25-20-22-26(23-21-25)35(36-31-16-8-4-12-27(31)28-13-5-9-17-32(28)36)37-33-18-10-6-14-29(33)30-15-7-11-19-34(30)37/h3-23,36H,1-2H3/b24-3-. The van der Waals surface area contributed by atoms with Crippen LogP contribution in [0.5, 0.6) is 0 Å². The summed E-state index contributed by atoms with van der Waals surface area (Å²) in [7, 11) is 0. The van der Waals surface area contributed by atoms with E-state index in [1.165, 1.54) is 72.4 Å². The third-order valence-corrected chi connectivity index (χ3v) is 8.16. The van der Waals surface area contributed by atoms with E-state index in [-0.39, 0.29) is 5.92 Å². The van der Waals surface area contributed by atoms with Crippen molar-refractivity contribution in [3.63, 3.8) is 0 Å². The molecule has 0 atom stereocenters. The molecule has 0 aromatic heterocycles. The SMILES string of the molecule is C/C=C(/C)c1ccc(C(=C2c3ccccc3-c3ccccc32)C2c3ccccc3-c3ccccc32)cc1. The van der Waals surface area contributed by atoms with Gasteiger partial charge in [-0.25, -0.2) is 0 Å². The topological polar surface area (TPSA) is 0 Å². The molecule has 0 bridgehead atoms. The summed E-state index contributed by atoms with van der Waals surface area (Å²) in [6.07, 6.45) is 2.18. The highest BCUT2D eigenvalue weighted by Crippen LogP contribution is 2.56. The maximum absolute atomic E-state index is 2.33. The van der Waals surface area contributed by atoms with Crippen LogP contribution in [0.15, 0.2) is 127 Å². The van der Waals surface area contributed by atoms with Crippen LogP contribution in [-0.2, 0) is 0 Å². The number of allylic oxidation sites excluding steroid dienone is 3. The lowest BCUT2D eigenvalue weighted by Crippen LogP contribution is -2.04. The second kappa shape index (κ2) is 8.61. The fraction of sp³-hybridized carbons (Fsp3) is 0.0811. The van der Waals surface area contributed by atoms with Crippen LogP contribution in [-0.4, -0.2) is 0 Å². The van der Waals surface area contributed by atoms with Crippen LogP contribution in [0.3, 0.4) is 0 Å². The molecular formula is C37H28. The number of fused-ring (bicyclic) bond motifs is 6. The predicted molar refractivity (Wildman–Crippen MR) is 157 cm³/mol. The van der Waals surface area contributed by atoms with Crippen molar-refractivity contribution >= 4 is 16.7 Å². The molecule has 5 aromatic rings. The molecule has 0 aliphatic heterocycles. The Kier molecular flexibility index (Phi) is 5.08. The van der Waals surface area contributed by atoms with Crippen LogP contribution in [0, 0.1) is 0 Å². The summed E-state index contributed by atoms with van der Waals surface area (Å²) < 4.78 is 0. The summed E-state index contributed by atoms with van der Waals surface area (Å²) >= 11 is 0. The molecule has 2 aliphatic rings. The summed E-state index contributed by atoms with van der Waals surface area (Å²) in [5.74, 6) is 0.162. The molecule has 176 valence electrons. The number of hydrogen-bond donors (Lipinski definition) is 0. The first-order valence-electron chi connectivity index (χ1n) is 13.1. The highest BCUT2D eigenvalue weighted by molar-refractivity contribution is 6.12. The van der Waals surface area contributed by atoms with Crippen molar-refractivity contribution in [3.05, 3.63) is 161 Å². The van der Waals surface area contributed by atoms with Gasteiger partial charge in [-0.15, -0.1) is 0 Å². The van der Waals surface area contributed by atoms with E-state index in [1.807, 2.05) is 0 Å². The minimum Gasteiger partial charge on any atom is -0.0841 e. The molecule has 37 heavy (non-hydrogen) atoms. The van der Waals surface area contributed by atoms with Crippen LogP contribution < -0.4 is 0 Å². The zero-order valence-corrected chi connectivity index (χ0v) is 21.2. The molecule has 7 rings (SSSR count). The first-order valence-corrected chi connectivity index (χ1v) is 13.1. The Labute approximate surface area is 219 Å². The van der Waals surface area contributed by atoms with Gasteiger partial charge in [-0.2, -0.15) is 0 Å². The molecule has 0 saturated carbocycles. The lowest BCUT2D eigenvalue weighted by atomic mass is 9.79. The van der Waals surface area contributed by atoms with Gasteiger partial charge in [-0.05, 0) is 86.2 Å². The molecule has 0 heteroatoms. The maximum atomic E-state index is 2.33. The Morgan fingerprint density at radius 2 is 0.892 bits per heavy atom. The van der Waals surface area contributed by atoms with Crippen LogP contribution in [0.1, 0.15) is 53.1 Å². The normalized spacial score (nSPS) is 13.7. The lowest BCUT2D eigenvalue weighted by Gasteiger charge is -2.23. The van der Waals surface area contributed by atoms with Gasteiger partial charge >= 0.3 is 0 Å². The number of hydrogen-bond acceptors (Lipinski definition) is 0. The molecule has 0 heterocycles. The monoisotopic (exact) mass is 472 g/mol. The van der Waals surface area contributed by atoms with Crippen molar-refractivity contribution in [1.82, 2.24) is 0 Å². The molecule has 0 spiro atoms. The highest BCUT2D eigenvalue weighted by atomic mass is 14.4. The van der Waals surface area contributed by atoms with Gasteiger partial charge in [0.2, 0.25) is 0 Å². The summed E-state index contributed by atoms with van der Waals surface area (Å²) in [4.78, 5) is 0. The Balaban J connectivity index is 1.59. The van der Waals surface area contributed by atoms with Gasteiger partial charge < -0.3 is 0 Å². The van der Waals surface area contributed by atoms with Gasteiger partial charge in [0, 0.05) is 5.92 Å². The van der Waals surface area contributed by atoms with E-state index in [0.29, 0.717) is 0 Å². The van der Waals surface area contributed by atoms with E-state index < -0.39 is 0 Å². The average Bonchev–Trinajstić information content (AvgIpc) is 3.47. The first-order chi connectivity index (χ1) is 18.3. The van der Waals surface area contributed by atoms with E-state index in [0.717, 1.165) is 0 Å². The van der Waals surface area contributed by atoms with Crippen LogP contribution in [0.2, 0.25) is 0 Å². The number of rotatable bonds is 3. The molecule has 0 radical (unpaired) electrons. The quantitative estimate of drug-likeness (QED) is 0.240. The van der Waals surface area contributed by atoms with Gasteiger partial charge in [0.15, 0.2) is 0 Å². The van der Waals surface area contributed by atoms with Crippen molar-refractivity contribution in [1.29, 1.82) is 0 Å². The minimum absolute atomic E-state index is 0.162. The van der Waals surface area contributed by atoms with Crippen molar-refractivity contribution in [3.8, 4) is 22.3 Å². The third kappa shape index (κ3) is 3.29. The minimum atomic E-state index is 0.162. The molecule has 0 nitrogen and oxygen atoms in total. The summed E-state index contributed by atoms with van der Waals surface area (Å²) in [5.41, 5.74) is 17.4. The molecular weight excluding hydrogens is 444 g/mol. The molecule has 2 aliphatic carbocycles. The van der Waals surface area contributed by atoms with E-state index in [9.17, 15) is 0 Å². The molecule has 0 saturated heterocycles. The van der Waals surface area contributed by atoms with E-state index in [4.69, 9.17) is 0 Å². The third-order valence-electron chi connectivity index (χ3n) is 8.16. The molecule has 0 amide bonds. The summed E-state index contributed by atoms with van der Waals surface area (Å²) in [6, 6.07) is 45.0. The van der Waals surface area contributed by atoms with Crippen LogP contribution in [0.4, 0.5) is 0 Å². The van der Waals surface area contributed by atoms with Gasteiger partial charge in [-0.3, -0.25) is 0 Å². The molecule has 0 fully saturated rings. The first kappa shape index (κ1) is 21.8. The van der Waals surface area contributed by atoms with Crippen molar-refractivity contribution in [2.24, 2.45) is 0 Å². The fourth-order valence-corrected chi connectivity index (χ4v) is 6.31. The Morgan fingerprint density at radius 1 is 0.486 bits per heavy atom. The average molecular weight is 473 g/mol. The Morgan fingerprint density at radius 3 is 1.38 bits per heavy atom. The van der Waals surface area contributed by atoms with E-state index in [1.54, 1.807) is 0 Å². The van der Waals surface area contributed by atoms with E-state index in [2.05, 4.69) is 141 Å². The summed E-state index contributed by atoms with van der Waals surface area (Å²) in [6.45, 7) is 4.29. The second-order valence-corrected chi connectivity index (χ2v) is 10.0. The van der Waals surface area contributed by atoms with Crippen LogP contribution >= 0.6 is 0 Å². The second-order valence-electron chi connectivity index (χ2n) is 10.0. The van der Waals surface area contributed by atoms with Gasteiger partial charge in [0.25, 0.3) is 0 Å². The Hall–Kier alpha value is -4.42. The van der Waals surface area contributed by atoms with Crippen LogP contribution in [0.25, 0.3) is 39.0 Å². The fourth-order valence-electron chi connectivity index (χ4n) is 6.31. The number of benzene rings is 5. The smallest absolute Gasteiger partial charge is 0.0364 e. The largest absolute Gasteiger partial charge is 0.0841 e. The maximum Gasteiger partial charge on any atom is 0.0364 e. The lowest BCUT2D eigenvalue weighted by molar-refractivity contribution is 1.09. The highest BCUT2D eigenvalue weighted by Gasteiger charge is 2.36. The van der Waals surface area contributed by atoms with Crippen molar-refractivity contribution in [2.75, 3.05) is 0 Å². The zero-order valence-electron chi connectivity index (χ0n) is 21.2. The summed E-state index contributed by atoms with van der Waals surface area (Å²) in [5, 5.41) is 0.